The van der Waals surface area contributed by atoms with Gasteiger partial charge in [-0.05, 0) is 39.7 Å². The normalized spacial score (nSPS) is 11.0. The third-order valence-electron chi connectivity index (χ3n) is 2.90. The van der Waals surface area contributed by atoms with Crippen LogP contribution in [0.2, 0.25) is 10.0 Å². The zero-order valence-corrected chi connectivity index (χ0v) is 14.2. The molecule has 0 atom stereocenters. The molecule has 1 N–H and O–H groups in total. The van der Waals surface area contributed by atoms with Gasteiger partial charge in [-0.15, -0.1) is 0 Å². The average molecular weight is 407 g/mol. The number of aromatic nitrogens is 2. The average Bonchev–Trinajstić information content (AvgIpc) is 2.92. The molecule has 0 aliphatic carbocycles. The van der Waals surface area contributed by atoms with Gasteiger partial charge in [0.05, 0.1) is 31.9 Å². The summed E-state index contributed by atoms with van der Waals surface area (Å²) in [6, 6.07) is 6.45. The molecule has 8 heteroatoms. The largest absolute Gasteiger partial charge is 0.378 e. The topological polar surface area (TPSA) is 37.8 Å². The van der Waals surface area contributed by atoms with Crippen molar-refractivity contribution in [3.05, 3.63) is 50.2 Å². The molecule has 0 aliphatic heterocycles. The van der Waals surface area contributed by atoms with Crippen LogP contribution in [0.4, 0.5) is 10.1 Å². The first-order valence-corrected chi connectivity index (χ1v) is 8.12. The van der Waals surface area contributed by atoms with Crippen LogP contribution < -0.4 is 5.32 Å². The van der Waals surface area contributed by atoms with Gasteiger partial charge in [0.25, 0.3) is 0 Å². The predicted octanol–water partition coefficient (Wildman–Crippen LogP) is 5.51. The smallest absolute Gasteiger partial charge is 0.137 e. The first-order chi connectivity index (χ1) is 10.1. The molecule has 0 amide bonds. The van der Waals surface area contributed by atoms with Crippen LogP contribution in [0.5, 0.6) is 0 Å². The molecular formula is C13H7BrCl2FN3S. The van der Waals surface area contributed by atoms with Crippen molar-refractivity contribution in [3.63, 3.8) is 0 Å². The standard InChI is InChI=1S/C13H7BrCl2FN3S/c14-7-3-6(1-2-10(7)17)5-18-11-8(15)4-9(16)12-13(11)20-21-19-12/h1-4,18H,5H2. The van der Waals surface area contributed by atoms with Crippen molar-refractivity contribution in [1.29, 1.82) is 0 Å². The molecule has 3 nitrogen and oxygen atoms in total. The quantitative estimate of drug-likeness (QED) is 0.622. The highest BCUT2D eigenvalue weighted by molar-refractivity contribution is 9.10. The van der Waals surface area contributed by atoms with Gasteiger partial charge in [0.15, 0.2) is 0 Å². The van der Waals surface area contributed by atoms with Crippen molar-refractivity contribution in [2.45, 2.75) is 6.54 Å². The number of nitrogens with one attached hydrogen (secondary N) is 1. The Morgan fingerprint density at radius 3 is 2.67 bits per heavy atom. The van der Waals surface area contributed by atoms with Crippen LogP contribution in [0.3, 0.4) is 0 Å². The maximum absolute atomic E-state index is 13.2. The summed E-state index contributed by atoms with van der Waals surface area (Å²) in [5.41, 5.74) is 2.84. The van der Waals surface area contributed by atoms with Crippen molar-refractivity contribution < 1.29 is 4.39 Å². The molecule has 0 saturated heterocycles. The highest BCUT2D eigenvalue weighted by atomic mass is 79.9. The van der Waals surface area contributed by atoms with Gasteiger partial charge in [-0.1, -0.05) is 29.3 Å². The molecule has 3 aromatic rings. The summed E-state index contributed by atoms with van der Waals surface area (Å²) in [5, 5.41) is 4.15. The molecule has 0 radical (unpaired) electrons. The highest BCUT2D eigenvalue weighted by Crippen LogP contribution is 2.35. The summed E-state index contributed by atoms with van der Waals surface area (Å²) >= 11 is 16.5. The monoisotopic (exact) mass is 405 g/mol. The minimum Gasteiger partial charge on any atom is -0.378 e. The van der Waals surface area contributed by atoms with Gasteiger partial charge < -0.3 is 5.32 Å². The maximum atomic E-state index is 13.2. The Balaban J connectivity index is 1.91. The lowest BCUT2D eigenvalue weighted by atomic mass is 10.2. The van der Waals surface area contributed by atoms with E-state index < -0.39 is 0 Å². The van der Waals surface area contributed by atoms with E-state index >= 15 is 0 Å². The second kappa shape index (κ2) is 6.04. The molecule has 108 valence electrons. The third-order valence-corrected chi connectivity index (χ3v) is 4.62. The van der Waals surface area contributed by atoms with Crippen LogP contribution >= 0.6 is 50.9 Å². The van der Waals surface area contributed by atoms with Gasteiger partial charge in [-0.2, -0.15) is 8.75 Å². The first kappa shape index (κ1) is 15.0. The molecule has 0 fully saturated rings. The van der Waals surface area contributed by atoms with E-state index in [1.807, 2.05) is 0 Å². The Bertz CT molecular complexity index is 825. The lowest BCUT2D eigenvalue weighted by Crippen LogP contribution is -2.01. The summed E-state index contributed by atoms with van der Waals surface area (Å²) in [6.07, 6.45) is 0. The molecule has 0 saturated carbocycles. The Hall–Kier alpha value is -0.950. The van der Waals surface area contributed by atoms with Crippen molar-refractivity contribution in [2.75, 3.05) is 5.32 Å². The van der Waals surface area contributed by atoms with Crippen molar-refractivity contribution in [2.24, 2.45) is 0 Å². The molecule has 2 aromatic carbocycles. The Morgan fingerprint density at radius 1 is 1.14 bits per heavy atom. The zero-order chi connectivity index (χ0) is 15.0. The fourth-order valence-electron chi connectivity index (χ4n) is 1.88. The summed E-state index contributed by atoms with van der Waals surface area (Å²) in [4.78, 5) is 0. The summed E-state index contributed by atoms with van der Waals surface area (Å²) in [6.45, 7) is 0.479. The van der Waals surface area contributed by atoms with Crippen LogP contribution in [-0.4, -0.2) is 8.75 Å². The van der Waals surface area contributed by atoms with Crippen LogP contribution in [-0.2, 0) is 6.54 Å². The first-order valence-electron chi connectivity index (χ1n) is 5.84. The lowest BCUT2D eigenvalue weighted by molar-refractivity contribution is 0.620. The maximum Gasteiger partial charge on any atom is 0.137 e. The SMILES string of the molecule is Fc1ccc(CNc2c(Cl)cc(Cl)c3nsnc23)cc1Br. The van der Waals surface area contributed by atoms with Crippen LogP contribution in [0, 0.1) is 5.82 Å². The van der Waals surface area contributed by atoms with E-state index in [1.54, 1.807) is 18.2 Å². The molecule has 0 spiro atoms. The van der Waals surface area contributed by atoms with E-state index in [2.05, 4.69) is 30.0 Å². The lowest BCUT2D eigenvalue weighted by Gasteiger charge is -2.10. The Morgan fingerprint density at radius 2 is 1.90 bits per heavy atom. The number of fused-ring (bicyclic) bond motifs is 1. The zero-order valence-electron chi connectivity index (χ0n) is 10.3. The summed E-state index contributed by atoms with van der Waals surface area (Å²) in [5.74, 6) is -0.297. The van der Waals surface area contributed by atoms with Gasteiger partial charge in [0.2, 0.25) is 0 Å². The van der Waals surface area contributed by atoms with Crippen LogP contribution in [0.15, 0.2) is 28.7 Å². The minimum absolute atomic E-state index is 0.297. The highest BCUT2D eigenvalue weighted by Gasteiger charge is 2.13. The molecule has 3 rings (SSSR count). The van der Waals surface area contributed by atoms with Crippen molar-refractivity contribution in [1.82, 2.24) is 8.75 Å². The third kappa shape index (κ3) is 2.99. The number of hydrogen-bond donors (Lipinski definition) is 1. The van der Waals surface area contributed by atoms with E-state index in [9.17, 15) is 4.39 Å². The molecular weight excluding hydrogens is 400 g/mol. The van der Waals surface area contributed by atoms with Gasteiger partial charge in [-0.25, -0.2) is 4.39 Å². The van der Waals surface area contributed by atoms with Gasteiger partial charge >= 0.3 is 0 Å². The fourth-order valence-corrected chi connectivity index (χ4v) is 3.49. The molecule has 0 aliphatic rings. The predicted molar refractivity (Wildman–Crippen MR) is 88.9 cm³/mol. The second-order valence-electron chi connectivity index (χ2n) is 4.28. The van der Waals surface area contributed by atoms with Crippen molar-refractivity contribution >= 4 is 67.6 Å². The van der Waals surface area contributed by atoms with E-state index in [0.717, 1.165) is 17.3 Å². The molecule has 1 aromatic heterocycles. The van der Waals surface area contributed by atoms with E-state index in [4.69, 9.17) is 23.2 Å². The van der Waals surface area contributed by atoms with Crippen LogP contribution in [0.25, 0.3) is 11.0 Å². The minimum atomic E-state index is -0.297. The van der Waals surface area contributed by atoms with E-state index in [-0.39, 0.29) is 5.82 Å². The number of hydrogen-bond acceptors (Lipinski definition) is 4. The summed E-state index contributed by atoms with van der Waals surface area (Å²) in [7, 11) is 0. The second-order valence-corrected chi connectivity index (χ2v) is 6.48. The van der Waals surface area contributed by atoms with Crippen LogP contribution in [0.1, 0.15) is 5.56 Å². The van der Waals surface area contributed by atoms with E-state index in [0.29, 0.717) is 37.8 Å². The molecule has 21 heavy (non-hydrogen) atoms. The van der Waals surface area contributed by atoms with Gasteiger partial charge in [0.1, 0.15) is 16.9 Å². The number of nitrogens with zero attached hydrogens (tertiary/aromatic N) is 2. The Kier molecular flexibility index (Phi) is 4.31. The number of anilines is 1. The fraction of sp³-hybridized carbons (Fsp3) is 0.0769. The number of halogens is 4. The molecule has 0 unspecified atom stereocenters. The number of rotatable bonds is 3. The molecule has 1 heterocycles. The summed E-state index contributed by atoms with van der Waals surface area (Å²) < 4.78 is 22.0. The van der Waals surface area contributed by atoms with E-state index in [1.165, 1.54) is 6.07 Å². The van der Waals surface area contributed by atoms with Gasteiger partial charge in [0, 0.05) is 6.54 Å². The van der Waals surface area contributed by atoms with Gasteiger partial charge in [-0.3, -0.25) is 0 Å². The Labute approximate surface area is 142 Å². The molecule has 0 bridgehead atoms. The van der Waals surface area contributed by atoms with Crippen molar-refractivity contribution in [3.8, 4) is 0 Å². The number of benzene rings is 2.